The highest BCUT2D eigenvalue weighted by atomic mass is 127. The van der Waals surface area contributed by atoms with Crippen molar-refractivity contribution < 1.29 is 0 Å². The predicted molar refractivity (Wildman–Crippen MR) is 55.7 cm³/mol. The average molecular weight is 284 g/mol. The highest BCUT2D eigenvalue weighted by Crippen LogP contribution is 2.21. The van der Waals surface area contributed by atoms with Crippen molar-refractivity contribution in [1.82, 2.24) is 4.98 Å². The maximum absolute atomic E-state index is 7.24. The van der Waals surface area contributed by atoms with Gasteiger partial charge in [-0.2, -0.15) is 0 Å². The fraction of sp³-hybridized carbons (Fsp3) is 0.167. The number of nitrogens with one attached hydrogen (secondary N) is 3. The Hall–Kier alpha value is -0.230. The minimum atomic E-state index is 0.0556. The van der Waals surface area contributed by atoms with Crippen LogP contribution in [0.25, 0.3) is 0 Å². The molecule has 1 aromatic heterocycles. The smallest absolute Gasteiger partial charge is 0.132 e. The molecular weight excluding hydrogens is 276 g/mol. The average Bonchev–Trinajstić information content (AvgIpc) is 2.30. The molecule has 0 unspecified atom stereocenters. The van der Waals surface area contributed by atoms with Gasteiger partial charge in [-0.15, -0.1) is 0 Å². The molecule has 0 spiro atoms. The van der Waals surface area contributed by atoms with E-state index >= 15 is 0 Å². The third-order valence-corrected chi connectivity index (χ3v) is 2.34. The van der Waals surface area contributed by atoms with Crippen LogP contribution < -0.4 is 5.32 Å². The molecule has 0 aliphatic heterocycles. The van der Waals surface area contributed by atoms with Crippen LogP contribution in [0.1, 0.15) is 5.56 Å². The first-order valence-corrected chi connectivity index (χ1v) is 4.41. The number of anilines is 1. The lowest BCUT2D eigenvalue weighted by Crippen LogP contribution is -1.97. The first kappa shape index (κ1) is 8.86. The van der Waals surface area contributed by atoms with Gasteiger partial charge in [-0.1, -0.05) is 11.6 Å². The van der Waals surface area contributed by atoms with E-state index in [-0.39, 0.29) is 5.17 Å². The Labute approximate surface area is 83.2 Å². The monoisotopic (exact) mass is 283 g/mol. The normalized spacial score (nSPS) is 9.73. The predicted octanol–water partition coefficient (Wildman–Crippen LogP) is 2.23. The fourth-order valence-corrected chi connectivity index (χ4v) is 1.86. The second-order valence-electron chi connectivity index (χ2n) is 1.95. The molecule has 5 heteroatoms. The standard InChI is InChI=1S/C6H7ClIN3/c1-10-6-4(5(7)9)3(8)2-11-6/h2,9-11H,1H3. The molecule has 0 saturated heterocycles. The van der Waals surface area contributed by atoms with E-state index in [1.165, 1.54) is 0 Å². The number of halogens is 2. The molecule has 11 heavy (non-hydrogen) atoms. The van der Waals surface area contributed by atoms with Gasteiger partial charge in [0.1, 0.15) is 11.0 Å². The van der Waals surface area contributed by atoms with Gasteiger partial charge in [0, 0.05) is 16.8 Å². The third kappa shape index (κ3) is 1.67. The lowest BCUT2D eigenvalue weighted by atomic mass is 10.3. The molecule has 0 fully saturated rings. The van der Waals surface area contributed by atoms with E-state index in [2.05, 4.69) is 32.9 Å². The summed E-state index contributed by atoms with van der Waals surface area (Å²) >= 11 is 7.68. The van der Waals surface area contributed by atoms with E-state index in [1.807, 2.05) is 0 Å². The quantitative estimate of drug-likeness (QED) is 0.566. The van der Waals surface area contributed by atoms with Crippen LogP contribution in [0.5, 0.6) is 0 Å². The second kappa shape index (κ2) is 3.44. The van der Waals surface area contributed by atoms with Crippen molar-refractivity contribution in [1.29, 1.82) is 5.41 Å². The Morgan fingerprint density at radius 1 is 1.82 bits per heavy atom. The zero-order valence-electron chi connectivity index (χ0n) is 5.83. The number of aromatic amines is 1. The lowest BCUT2D eigenvalue weighted by Gasteiger charge is -1.98. The van der Waals surface area contributed by atoms with Gasteiger partial charge >= 0.3 is 0 Å². The van der Waals surface area contributed by atoms with Crippen LogP contribution >= 0.6 is 34.2 Å². The van der Waals surface area contributed by atoms with Gasteiger partial charge in [0.25, 0.3) is 0 Å². The Kier molecular flexibility index (Phi) is 2.78. The van der Waals surface area contributed by atoms with Crippen molar-refractivity contribution in [2.45, 2.75) is 0 Å². The third-order valence-electron chi connectivity index (χ3n) is 1.30. The molecule has 1 rings (SSSR count). The topological polar surface area (TPSA) is 51.7 Å². The van der Waals surface area contributed by atoms with Crippen LogP contribution in [-0.2, 0) is 0 Å². The van der Waals surface area contributed by atoms with Crippen LogP contribution in [0, 0.1) is 8.98 Å². The molecule has 0 aliphatic rings. The number of rotatable bonds is 2. The molecule has 0 atom stereocenters. The molecule has 3 N–H and O–H groups in total. The van der Waals surface area contributed by atoms with Crippen LogP contribution in [0.2, 0.25) is 0 Å². The van der Waals surface area contributed by atoms with Gasteiger partial charge in [-0.05, 0) is 22.6 Å². The van der Waals surface area contributed by atoms with Crippen molar-refractivity contribution in [3.63, 3.8) is 0 Å². The van der Waals surface area contributed by atoms with Crippen molar-refractivity contribution in [2.75, 3.05) is 12.4 Å². The van der Waals surface area contributed by atoms with E-state index in [0.29, 0.717) is 0 Å². The van der Waals surface area contributed by atoms with Gasteiger partial charge < -0.3 is 10.3 Å². The zero-order valence-corrected chi connectivity index (χ0v) is 8.75. The summed E-state index contributed by atoms with van der Waals surface area (Å²) in [6, 6.07) is 0. The summed E-state index contributed by atoms with van der Waals surface area (Å²) in [6.45, 7) is 0. The minimum absolute atomic E-state index is 0.0556. The maximum atomic E-state index is 7.24. The Balaban J connectivity index is 3.17. The van der Waals surface area contributed by atoms with Crippen molar-refractivity contribution >= 4 is 45.2 Å². The minimum Gasteiger partial charge on any atom is -0.374 e. The molecule has 1 aromatic rings. The van der Waals surface area contributed by atoms with Crippen LogP contribution in [-0.4, -0.2) is 17.2 Å². The van der Waals surface area contributed by atoms with E-state index < -0.39 is 0 Å². The van der Waals surface area contributed by atoms with Crippen LogP contribution in [0.3, 0.4) is 0 Å². The molecule has 0 amide bonds. The van der Waals surface area contributed by atoms with E-state index in [1.54, 1.807) is 13.2 Å². The molecule has 1 heterocycles. The van der Waals surface area contributed by atoms with Gasteiger partial charge in [0.15, 0.2) is 0 Å². The van der Waals surface area contributed by atoms with Crippen LogP contribution in [0.15, 0.2) is 6.20 Å². The lowest BCUT2D eigenvalue weighted by molar-refractivity contribution is 1.34. The molecule has 0 aliphatic carbocycles. The maximum Gasteiger partial charge on any atom is 0.132 e. The number of H-pyrrole nitrogens is 1. The number of aromatic nitrogens is 1. The largest absolute Gasteiger partial charge is 0.374 e. The van der Waals surface area contributed by atoms with Gasteiger partial charge in [-0.25, -0.2) is 0 Å². The van der Waals surface area contributed by atoms with Gasteiger partial charge in [0.2, 0.25) is 0 Å². The summed E-state index contributed by atoms with van der Waals surface area (Å²) in [7, 11) is 1.78. The SMILES string of the molecule is CNc1[nH]cc(I)c1C(=N)Cl. The molecule has 0 saturated carbocycles. The summed E-state index contributed by atoms with van der Waals surface area (Å²) < 4.78 is 0.951. The summed E-state index contributed by atoms with van der Waals surface area (Å²) in [5, 5.41) is 10.2. The molecule has 60 valence electrons. The molecular formula is C6H7ClIN3. The van der Waals surface area contributed by atoms with Crippen molar-refractivity contribution in [3.05, 3.63) is 15.3 Å². The summed E-state index contributed by atoms with van der Waals surface area (Å²) in [5.41, 5.74) is 0.731. The Bertz CT molecular complexity index is 281. The summed E-state index contributed by atoms with van der Waals surface area (Å²) in [5.74, 6) is 0.786. The first-order chi connectivity index (χ1) is 5.16. The van der Waals surface area contributed by atoms with E-state index in [4.69, 9.17) is 17.0 Å². The number of hydrogen-bond acceptors (Lipinski definition) is 2. The zero-order chi connectivity index (χ0) is 8.43. The Morgan fingerprint density at radius 2 is 2.45 bits per heavy atom. The second-order valence-corrected chi connectivity index (χ2v) is 3.49. The molecule has 3 nitrogen and oxygen atoms in total. The van der Waals surface area contributed by atoms with Crippen molar-refractivity contribution in [2.24, 2.45) is 0 Å². The molecule has 0 bridgehead atoms. The molecule has 0 aromatic carbocycles. The summed E-state index contributed by atoms with van der Waals surface area (Å²) in [4.78, 5) is 2.96. The highest BCUT2D eigenvalue weighted by molar-refractivity contribution is 14.1. The summed E-state index contributed by atoms with van der Waals surface area (Å²) in [6.07, 6.45) is 1.80. The Morgan fingerprint density at radius 3 is 2.82 bits per heavy atom. The first-order valence-electron chi connectivity index (χ1n) is 2.96. The number of hydrogen-bond donors (Lipinski definition) is 3. The van der Waals surface area contributed by atoms with E-state index in [0.717, 1.165) is 15.0 Å². The fourth-order valence-electron chi connectivity index (χ4n) is 0.811. The highest BCUT2D eigenvalue weighted by Gasteiger charge is 2.10. The van der Waals surface area contributed by atoms with E-state index in [9.17, 15) is 0 Å². The van der Waals surface area contributed by atoms with Gasteiger partial charge in [0.05, 0.1) is 5.56 Å². The van der Waals surface area contributed by atoms with Crippen molar-refractivity contribution in [3.8, 4) is 0 Å². The van der Waals surface area contributed by atoms with Crippen LogP contribution in [0.4, 0.5) is 5.82 Å². The molecule has 0 radical (unpaired) electrons. The van der Waals surface area contributed by atoms with Gasteiger partial charge in [-0.3, -0.25) is 5.41 Å².